The van der Waals surface area contributed by atoms with Crippen LogP contribution in [0, 0.1) is 5.92 Å². The summed E-state index contributed by atoms with van der Waals surface area (Å²) >= 11 is 3.45. The predicted octanol–water partition coefficient (Wildman–Crippen LogP) is 2.22. The number of Topliss-reactive ketones (excluding diaryl/α,β-unsaturated/α-hetero) is 1. The number of hydrogen-bond donors (Lipinski definition) is 0. The summed E-state index contributed by atoms with van der Waals surface area (Å²) in [5.74, 6) is 0.492. The van der Waals surface area contributed by atoms with Crippen LogP contribution in [0.3, 0.4) is 0 Å². The Morgan fingerprint density at radius 2 is 2.29 bits per heavy atom. The fourth-order valence-electron chi connectivity index (χ4n) is 2.84. The third kappa shape index (κ3) is 1.15. The molecule has 2 nitrogen and oxygen atoms in total. The van der Waals surface area contributed by atoms with Gasteiger partial charge in [-0.25, -0.2) is 0 Å². The van der Waals surface area contributed by atoms with Gasteiger partial charge < -0.3 is 4.74 Å². The third-order valence-electron chi connectivity index (χ3n) is 3.57. The van der Waals surface area contributed by atoms with Gasteiger partial charge in [0.15, 0.2) is 5.78 Å². The second kappa shape index (κ2) is 3.17. The number of alkyl halides is 1. The molecule has 1 saturated heterocycles. The van der Waals surface area contributed by atoms with Crippen LogP contribution in [-0.2, 0) is 9.53 Å². The van der Waals surface area contributed by atoms with Crippen molar-refractivity contribution in [1.82, 2.24) is 0 Å². The monoisotopic (exact) mass is 256 g/mol. The Morgan fingerprint density at radius 3 is 3.14 bits per heavy atom. The summed E-state index contributed by atoms with van der Waals surface area (Å²) < 4.78 is 5.87. The standard InChI is InChI=1S/C11H13BrO2/c12-9-8-5-6-3-1-2-4-7(10(9)13)11(6)14-8/h5,7-9,11H,1-4H2/t7-,8+,9?,11-/m1/s1. The largest absolute Gasteiger partial charge is 0.364 e. The Kier molecular flexibility index (Phi) is 2.06. The molecule has 2 fully saturated rings. The lowest BCUT2D eigenvalue weighted by Gasteiger charge is -2.31. The van der Waals surface area contributed by atoms with Gasteiger partial charge in [-0.05, 0) is 24.8 Å². The minimum atomic E-state index is -0.0978. The molecule has 1 saturated carbocycles. The fourth-order valence-corrected chi connectivity index (χ4v) is 3.45. The molecular weight excluding hydrogens is 244 g/mol. The molecule has 4 atom stereocenters. The first-order chi connectivity index (χ1) is 6.77. The molecule has 1 unspecified atom stereocenters. The van der Waals surface area contributed by atoms with E-state index in [0.717, 1.165) is 19.3 Å². The summed E-state index contributed by atoms with van der Waals surface area (Å²) in [7, 11) is 0. The molecule has 0 aromatic carbocycles. The van der Waals surface area contributed by atoms with Gasteiger partial charge in [0.1, 0.15) is 4.83 Å². The third-order valence-corrected chi connectivity index (χ3v) is 4.54. The van der Waals surface area contributed by atoms with Gasteiger partial charge in [-0.1, -0.05) is 28.4 Å². The SMILES string of the molecule is O=C1C(Br)[C@@H]2C=C3CCCC[C@H]1[C@@H]3O2. The number of hydrogen-bond acceptors (Lipinski definition) is 2. The van der Waals surface area contributed by atoms with E-state index in [-0.39, 0.29) is 23.0 Å². The predicted molar refractivity (Wildman–Crippen MR) is 56.4 cm³/mol. The number of fused-ring (bicyclic) bond motifs is 1. The van der Waals surface area contributed by atoms with E-state index in [9.17, 15) is 4.79 Å². The molecule has 2 heterocycles. The van der Waals surface area contributed by atoms with Crippen molar-refractivity contribution in [1.29, 1.82) is 0 Å². The minimum Gasteiger partial charge on any atom is -0.364 e. The molecule has 76 valence electrons. The highest BCUT2D eigenvalue weighted by molar-refractivity contribution is 9.10. The summed E-state index contributed by atoms with van der Waals surface area (Å²) in [6.45, 7) is 0. The van der Waals surface area contributed by atoms with E-state index in [4.69, 9.17) is 4.74 Å². The van der Waals surface area contributed by atoms with Crippen LogP contribution < -0.4 is 0 Å². The summed E-state index contributed by atoms with van der Waals surface area (Å²) in [5, 5.41) is 0. The van der Waals surface area contributed by atoms with E-state index in [1.165, 1.54) is 12.0 Å². The molecule has 1 aliphatic carbocycles. The lowest BCUT2D eigenvalue weighted by Crippen LogP contribution is -2.44. The van der Waals surface area contributed by atoms with E-state index in [0.29, 0.717) is 5.78 Å². The molecular formula is C11H13BrO2. The van der Waals surface area contributed by atoms with Gasteiger partial charge in [-0.3, -0.25) is 4.79 Å². The van der Waals surface area contributed by atoms with E-state index in [1.54, 1.807) is 0 Å². The molecule has 3 heteroatoms. The molecule has 0 radical (unpaired) electrons. The zero-order valence-corrected chi connectivity index (χ0v) is 9.50. The van der Waals surface area contributed by atoms with Crippen LogP contribution in [0.15, 0.2) is 11.6 Å². The van der Waals surface area contributed by atoms with Crippen molar-refractivity contribution < 1.29 is 9.53 Å². The van der Waals surface area contributed by atoms with E-state index in [1.807, 2.05) is 0 Å². The Hall–Kier alpha value is -0.150. The Balaban J connectivity index is 2.01. The molecule has 2 bridgehead atoms. The van der Waals surface area contributed by atoms with E-state index < -0.39 is 0 Å². The summed E-state index contributed by atoms with van der Waals surface area (Å²) in [6.07, 6.45) is 6.83. The van der Waals surface area contributed by atoms with Crippen molar-refractivity contribution in [2.75, 3.05) is 0 Å². The highest BCUT2D eigenvalue weighted by atomic mass is 79.9. The van der Waals surface area contributed by atoms with Crippen molar-refractivity contribution in [3.8, 4) is 0 Å². The maximum absolute atomic E-state index is 12.0. The molecule has 0 aromatic rings. The maximum Gasteiger partial charge on any atom is 0.155 e. The van der Waals surface area contributed by atoms with Gasteiger partial charge in [-0.15, -0.1) is 0 Å². The van der Waals surface area contributed by atoms with Gasteiger partial charge in [0.25, 0.3) is 0 Å². The lowest BCUT2D eigenvalue weighted by molar-refractivity contribution is -0.135. The average molecular weight is 257 g/mol. The van der Waals surface area contributed by atoms with Gasteiger partial charge in [0.05, 0.1) is 12.2 Å². The normalized spacial score (nSPS) is 46.1. The zero-order chi connectivity index (χ0) is 9.71. The Morgan fingerprint density at radius 1 is 1.43 bits per heavy atom. The fraction of sp³-hybridized carbons (Fsp3) is 0.727. The Labute approximate surface area is 91.8 Å². The summed E-state index contributed by atoms with van der Waals surface area (Å²) in [6, 6.07) is 0. The molecule has 2 aliphatic heterocycles. The number of halogens is 1. The van der Waals surface area contributed by atoms with Crippen molar-refractivity contribution >= 4 is 21.7 Å². The van der Waals surface area contributed by atoms with Crippen LogP contribution in [0.1, 0.15) is 25.7 Å². The number of carbonyl (C=O) groups excluding carboxylic acids is 1. The van der Waals surface area contributed by atoms with Gasteiger partial charge >= 0.3 is 0 Å². The molecule has 3 aliphatic rings. The van der Waals surface area contributed by atoms with Crippen molar-refractivity contribution in [2.45, 2.75) is 42.7 Å². The first kappa shape index (κ1) is 9.10. The smallest absolute Gasteiger partial charge is 0.155 e. The number of ether oxygens (including phenoxy) is 1. The van der Waals surface area contributed by atoms with E-state index in [2.05, 4.69) is 22.0 Å². The summed E-state index contributed by atoms with van der Waals surface area (Å²) in [5.41, 5.74) is 1.38. The molecule has 0 aromatic heterocycles. The number of carbonyl (C=O) groups is 1. The van der Waals surface area contributed by atoms with Gasteiger partial charge in [0, 0.05) is 5.92 Å². The van der Waals surface area contributed by atoms with E-state index >= 15 is 0 Å². The number of rotatable bonds is 0. The van der Waals surface area contributed by atoms with Crippen LogP contribution >= 0.6 is 15.9 Å². The highest BCUT2D eigenvalue weighted by Gasteiger charge is 2.48. The molecule has 0 spiro atoms. The van der Waals surface area contributed by atoms with Crippen LogP contribution in [0.4, 0.5) is 0 Å². The van der Waals surface area contributed by atoms with Crippen LogP contribution in [0.2, 0.25) is 0 Å². The van der Waals surface area contributed by atoms with Crippen molar-refractivity contribution in [2.24, 2.45) is 5.92 Å². The highest BCUT2D eigenvalue weighted by Crippen LogP contribution is 2.43. The zero-order valence-electron chi connectivity index (χ0n) is 7.91. The molecule has 3 rings (SSSR count). The van der Waals surface area contributed by atoms with Gasteiger partial charge in [-0.2, -0.15) is 0 Å². The minimum absolute atomic E-state index is 0.0110. The van der Waals surface area contributed by atoms with Crippen LogP contribution in [0.5, 0.6) is 0 Å². The summed E-state index contributed by atoms with van der Waals surface area (Å²) in [4.78, 5) is 11.9. The second-order valence-electron chi connectivity index (χ2n) is 4.42. The molecule has 14 heavy (non-hydrogen) atoms. The first-order valence-electron chi connectivity index (χ1n) is 5.31. The first-order valence-corrected chi connectivity index (χ1v) is 6.23. The van der Waals surface area contributed by atoms with Gasteiger partial charge in [0.2, 0.25) is 0 Å². The maximum atomic E-state index is 12.0. The van der Waals surface area contributed by atoms with Crippen LogP contribution in [-0.4, -0.2) is 22.8 Å². The topological polar surface area (TPSA) is 26.3 Å². The lowest BCUT2D eigenvalue weighted by atomic mass is 9.89. The van der Waals surface area contributed by atoms with Crippen LogP contribution in [0.25, 0.3) is 0 Å². The van der Waals surface area contributed by atoms with Crippen molar-refractivity contribution in [3.63, 3.8) is 0 Å². The molecule has 0 N–H and O–H groups in total. The second-order valence-corrected chi connectivity index (χ2v) is 5.41. The quantitative estimate of drug-likeness (QED) is 0.491. The average Bonchev–Trinajstić information content (AvgIpc) is 2.46. The molecule has 0 amide bonds. The Bertz CT molecular complexity index is 310. The number of ketones is 1. The van der Waals surface area contributed by atoms with Crippen molar-refractivity contribution in [3.05, 3.63) is 11.6 Å².